The highest BCUT2D eigenvalue weighted by molar-refractivity contribution is 5.86. The third-order valence-electron chi connectivity index (χ3n) is 4.65. The van der Waals surface area contributed by atoms with E-state index in [1.807, 2.05) is 0 Å². The van der Waals surface area contributed by atoms with Crippen LogP contribution in [-0.2, 0) is 18.0 Å². The Morgan fingerprint density at radius 3 is 2.52 bits per heavy atom. The van der Waals surface area contributed by atoms with Crippen LogP contribution in [0.2, 0.25) is 0 Å². The second kappa shape index (κ2) is 6.00. The number of carbonyl (C=O) groups is 1. The van der Waals surface area contributed by atoms with Gasteiger partial charge >= 0.3 is 12.1 Å². The smallest absolute Gasteiger partial charge is 0.416 e. The van der Waals surface area contributed by atoms with Crippen molar-refractivity contribution in [3.8, 4) is 11.5 Å². The molecule has 1 aliphatic rings. The van der Waals surface area contributed by atoms with Crippen LogP contribution in [-0.4, -0.2) is 20.9 Å². The van der Waals surface area contributed by atoms with Crippen molar-refractivity contribution in [1.29, 1.82) is 0 Å². The van der Waals surface area contributed by atoms with Crippen LogP contribution in [0.1, 0.15) is 23.5 Å². The van der Waals surface area contributed by atoms with Gasteiger partial charge in [-0.1, -0.05) is 0 Å². The summed E-state index contributed by atoms with van der Waals surface area (Å²) in [6, 6.07) is 7.89. The van der Waals surface area contributed by atoms with E-state index in [2.05, 4.69) is 5.10 Å². The quantitative estimate of drug-likeness (QED) is 0.724. The third-order valence-corrected chi connectivity index (χ3v) is 4.65. The summed E-state index contributed by atoms with van der Waals surface area (Å²) in [6.07, 6.45) is -2.08. The molecule has 140 valence electrons. The zero-order valence-electron chi connectivity index (χ0n) is 14.2. The normalized spacial score (nSPS) is 19.3. The van der Waals surface area contributed by atoms with Crippen LogP contribution in [0.25, 0.3) is 10.9 Å². The molecule has 3 aromatic rings. The SMILES string of the molecule is Cn1cc2cc(Oc3ccc(C(F)(F)F)cc3)cc(C3CC3C(=O)O)c2n1. The summed E-state index contributed by atoms with van der Waals surface area (Å²) in [5.41, 5.74) is 0.744. The highest BCUT2D eigenvalue weighted by Crippen LogP contribution is 2.50. The number of carboxylic acid groups (broad SMARTS) is 1. The summed E-state index contributed by atoms with van der Waals surface area (Å²) in [4.78, 5) is 11.2. The Bertz CT molecular complexity index is 1030. The molecule has 1 aromatic heterocycles. The molecule has 2 unspecified atom stereocenters. The molecule has 2 atom stereocenters. The van der Waals surface area contributed by atoms with E-state index in [-0.39, 0.29) is 11.7 Å². The number of rotatable bonds is 4. The Morgan fingerprint density at radius 2 is 1.93 bits per heavy atom. The highest BCUT2D eigenvalue weighted by Gasteiger charge is 2.45. The minimum atomic E-state index is -4.40. The van der Waals surface area contributed by atoms with Crippen LogP contribution in [0.15, 0.2) is 42.6 Å². The Morgan fingerprint density at radius 1 is 1.22 bits per heavy atom. The third kappa shape index (κ3) is 3.34. The van der Waals surface area contributed by atoms with Crippen molar-refractivity contribution in [2.45, 2.75) is 18.5 Å². The predicted octanol–water partition coefficient (Wildman–Crippen LogP) is 4.57. The standard InChI is InChI=1S/C19H15F3N2O3/c1-24-9-10-6-13(27-12-4-2-11(3-5-12)19(20,21)22)7-15(17(10)23-24)14-8-16(14)18(25)26/h2-7,9,14,16H,8H2,1H3,(H,25,26). The van der Waals surface area contributed by atoms with Crippen molar-refractivity contribution < 1.29 is 27.8 Å². The lowest BCUT2D eigenvalue weighted by Gasteiger charge is -2.10. The minimum Gasteiger partial charge on any atom is -0.481 e. The fraction of sp³-hybridized carbons (Fsp3) is 0.263. The van der Waals surface area contributed by atoms with E-state index >= 15 is 0 Å². The van der Waals surface area contributed by atoms with Crippen molar-refractivity contribution in [1.82, 2.24) is 9.78 Å². The van der Waals surface area contributed by atoms with E-state index < -0.39 is 23.6 Å². The Hall–Kier alpha value is -3.03. The molecule has 8 heteroatoms. The summed E-state index contributed by atoms with van der Waals surface area (Å²) < 4.78 is 45.4. The number of benzene rings is 2. The first-order valence-corrected chi connectivity index (χ1v) is 8.27. The molecule has 27 heavy (non-hydrogen) atoms. The summed E-state index contributed by atoms with van der Waals surface area (Å²) in [5, 5.41) is 14.4. The Kier molecular flexibility index (Phi) is 3.87. The van der Waals surface area contributed by atoms with Crippen LogP contribution in [0.3, 0.4) is 0 Å². The molecule has 1 aliphatic carbocycles. The van der Waals surface area contributed by atoms with Crippen molar-refractivity contribution in [2.24, 2.45) is 13.0 Å². The molecule has 1 fully saturated rings. The average Bonchev–Trinajstić information content (AvgIpc) is 3.29. The topological polar surface area (TPSA) is 64.3 Å². The van der Waals surface area contributed by atoms with E-state index in [1.54, 1.807) is 30.1 Å². The Labute approximate surface area is 152 Å². The predicted molar refractivity (Wildman–Crippen MR) is 90.7 cm³/mol. The van der Waals surface area contributed by atoms with E-state index in [0.717, 1.165) is 23.1 Å². The van der Waals surface area contributed by atoms with Crippen LogP contribution in [0.5, 0.6) is 11.5 Å². The number of fused-ring (bicyclic) bond motifs is 1. The van der Waals surface area contributed by atoms with Crippen LogP contribution in [0, 0.1) is 5.92 Å². The zero-order chi connectivity index (χ0) is 19.3. The minimum absolute atomic E-state index is 0.143. The van der Waals surface area contributed by atoms with Crippen LogP contribution < -0.4 is 4.74 Å². The van der Waals surface area contributed by atoms with Gasteiger partial charge in [0.1, 0.15) is 11.5 Å². The van der Waals surface area contributed by atoms with Gasteiger partial charge in [0.15, 0.2) is 0 Å². The summed E-state index contributed by atoms with van der Waals surface area (Å²) >= 11 is 0. The first kappa shape index (κ1) is 17.4. The molecule has 0 saturated heterocycles. The number of halogens is 3. The fourth-order valence-electron chi connectivity index (χ4n) is 3.25. The van der Waals surface area contributed by atoms with E-state index in [0.29, 0.717) is 17.7 Å². The molecule has 0 radical (unpaired) electrons. The number of nitrogens with zero attached hydrogens (tertiary/aromatic N) is 2. The molecule has 1 N–H and O–H groups in total. The number of hydrogen-bond donors (Lipinski definition) is 1. The number of ether oxygens (including phenoxy) is 1. The molecule has 5 nitrogen and oxygen atoms in total. The molecular weight excluding hydrogens is 361 g/mol. The average molecular weight is 376 g/mol. The van der Waals surface area contributed by atoms with Gasteiger partial charge in [0.25, 0.3) is 0 Å². The first-order valence-electron chi connectivity index (χ1n) is 8.27. The van der Waals surface area contributed by atoms with Crippen molar-refractivity contribution in [3.63, 3.8) is 0 Å². The lowest BCUT2D eigenvalue weighted by Crippen LogP contribution is -2.04. The molecular formula is C19H15F3N2O3. The fourth-order valence-corrected chi connectivity index (χ4v) is 3.25. The van der Waals surface area contributed by atoms with Crippen molar-refractivity contribution >= 4 is 16.9 Å². The number of hydrogen-bond acceptors (Lipinski definition) is 3. The molecule has 0 spiro atoms. The number of carboxylic acids is 1. The number of aryl methyl sites for hydroxylation is 1. The van der Waals surface area contributed by atoms with Gasteiger partial charge in [0, 0.05) is 24.5 Å². The molecule has 1 heterocycles. The van der Waals surface area contributed by atoms with Gasteiger partial charge in [0.05, 0.1) is 17.0 Å². The summed E-state index contributed by atoms with van der Waals surface area (Å²) in [7, 11) is 1.77. The van der Waals surface area contributed by atoms with E-state index in [4.69, 9.17) is 4.74 Å². The van der Waals surface area contributed by atoms with Gasteiger partial charge in [-0.2, -0.15) is 18.3 Å². The number of aliphatic carboxylic acids is 1. The van der Waals surface area contributed by atoms with Crippen LogP contribution >= 0.6 is 0 Å². The molecule has 0 bridgehead atoms. The molecule has 2 aromatic carbocycles. The molecule has 0 amide bonds. The monoisotopic (exact) mass is 376 g/mol. The zero-order valence-corrected chi connectivity index (χ0v) is 14.2. The van der Waals surface area contributed by atoms with E-state index in [9.17, 15) is 23.1 Å². The second-order valence-corrected chi connectivity index (χ2v) is 6.66. The molecule has 0 aliphatic heterocycles. The largest absolute Gasteiger partial charge is 0.481 e. The number of aromatic nitrogens is 2. The van der Waals surface area contributed by atoms with Crippen molar-refractivity contribution in [2.75, 3.05) is 0 Å². The van der Waals surface area contributed by atoms with Gasteiger partial charge < -0.3 is 9.84 Å². The maximum atomic E-state index is 12.7. The lowest BCUT2D eigenvalue weighted by atomic mass is 10.1. The summed E-state index contributed by atoms with van der Waals surface area (Å²) in [6.45, 7) is 0. The van der Waals surface area contributed by atoms with Gasteiger partial charge in [-0.3, -0.25) is 9.48 Å². The van der Waals surface area contributed by atoms with Gasteiger partial charge in [-0.05, 0) is 48.4 Å². The van der Waals surface area contributed by atoms with Gasteiger partial charge in [-0.25, -0.2) is 0 Å². The van der Waals surface area contributed by atoms with Crippen molar-refractivity contribution in [3.05, 3.63) is 53.7 Å². The highest BCUT2D eigenvalue weighted by atomic mass is 19.4. The first-order chi connectivity index (χ1) is 12.7. The second-order valence-electron chi connectivity index (χ2n) is 6.66. The molecule has 1 saturated carbocycles. The number of alkyl halides is 3. The van der Waals surface area contributed by atoms with Gasteiger partial charge in [0.2, 0.25) is 0 Å². The lowest BCUT2D eigenvalue weighted by molar-refractivity contribution is -0.139. The summed E-state index contributed by atoms with van der Waals surface area (Å²) in [5.74, 6) is -0.741. The maximum absolute atomic E-state index is 12.7. The van der Waals surface area contributed by atoms with Crippen LogP contribution in [0.4, 0.5) is 13.2 Å². The maximum Gasteiger partial charge on any atom is 0.416 e. The van der Waals surface area contributed by atoms with E-state index in [1.165, 1.54) is 12.1 Å². The Balaban J connectivity index is 1.67. The molecule has 4 rings (SSSR count). The van der Waals surface area contributed by atoms with Gasteiger partial charge in [-0.15, -0.1) is 0 Å².